The summed E-state index contributed by atoms with van der Waals surface area (Å²) >= 11 is 0. The monoisotopic (exact) mass is 280 g/mol. The zero-order chi connectivity index (χ0) is 14.5. The molecular weight excluding hydrogens is 260 g/mol. The van der Waals surface area contributed by atoms with E-state index in [0.717, 1.165) is 0 Å². The summed E-state index contributed by atoms with van der Waals surface area (Å²) in [5.74, 6) is 1.32. The van der Waals surface area contributed by atoms with Gasteiger partial charge in [-0.05, 0) is 6.92 Å². The zero-order valence-corrected chi connectivity index (χ0v) is 11.8. The van der Waals surface area contributed by atoms with E-state index in [0.29, 0.717) is 50.1 Å². The molecule has 0 spiro atoms. The molecule has 0 bridgehead atoms. The molecule has 0 radical (unpaired) electrons. The van der Waals surface area contributed by atoms with Crippen LogP contribution in [0.15, 0.2) is 6.33 Å². The minimum absolute atomic E-state index is 0.265. The summed E-state index contributed by atoms with van der Waals surface area (Å²) in [6.45, 7) is 4.72. The first-order valence-corrected chi connectivity index (χ1v) is 6.62. The largest absolute Gasteiger partial charge is 0.450 e. The maximum Gasteiger partial charge on any atom is 0.409 e. The Bertz CT molecular complexity index is 473. The predicted octanol–water partition coefficient (Wildman–Crippen LogP) is 0.379. The molecule has 0 unspecified atom stereocenters. The van der Waals surface area contributed by atoms with Gasteiger partial charge < -0.3 is 25.6 Å². The van der Waals surface area contributed by atoms with Crippen LogP contribution in [0.25, 0.3) is 0 Å². The van der Waals surface area contributed by atoms with Crippen molar-refractivity contribution in [3.63, 3.8) is 0 Å². The number of carbonyl (C=O) groups is 1. The molecule has 3 N–H and O–H groups in total. The van der Waals surface area contributed by atoms with E-state index in [2.05, 4.69) is 15.3 Å². The number of rotatable bonds is 3. The Labute approximate surface area is 117 Å². The molecule has 1 aromatic heterocycles. The third-order valence-electron chi connectivity index (χ3n) is 3.20. The van der Waals surface area contributed by atoms with Gasteiger partial charge in [0.15, 0.2) is 11.6 Å². The fraction of sp³-hybridized carbons (Fsp3) is 0.583. The number of carbonyl (C=O) groups excluding carboxylic acids is 1. The first-order valence-electron chi connectivity index (χ1n) is 6.62. The second kappa shape index (κ2) is 6.27. The molecule has 1 aromatic rings. The molecule has 20 heavy (non-hydrogen) atoms. The van der Waals surface area contributed by atoms with Crippen LogP contribution in [0.2, 0.25) is 0 Å². The molecule has 1 amide bonds. The highest BCUT2D eigenvalue weighted by atomic mass is 16.6. The van der Waals surface area contributed by atoms with Gasteiger partial charge in [0, 0.05) is 33.2 Å². The average Bonchev–Trinajstić information content (AvgIpc) is 2.48. The number of anilines is 3. The fourth-order valence-corrected chi connectivity index (χ4v) is 2.15. The van der Waals surface area contributed by atoms with Crippen LogP contribution in [0.3, 0.4) is 0 Å². The Hall–Kier alpha value is -2.25. The first-order chi connectivity index (χ1) is 9.67. The number of amides is 1. The molecule has 1 aliphatic rings. The molecule has 2 rings (SSSR count). The van der Waals surface area contributed by atoms with Gasteiger partial charge in [0.25, 0.3) is 0 Å². The lowest BCUT2D eigenvalue weighted by molar-refractivity contribution is 0.105. The number of piperazine rings is 1. The van der Waals surface area contributed by atoms with Crippen LogP contribution in [0, 0.1) is 0 Å². The van der Waals surface area contributed by atoms with Crippen LogP contribution in [0.1, 0.15) is 6.92 Å². The zero-order valence-electron chi connectivity index (χ0n) is 11.8. The predicted molar refractivity (Wildman–Crippen MR) is 76.8 cm³/mol. The van der Waals surface area contributed by atoms with Crippen molar-refractivity contribution >= 4 is 23.4 Å². The summed E-state index contributed by atoms with van der Waals surface area (Å²) in [4.78, 5) is 23.7. The first kappa shape index (κ1) is 14.2. The third kappa shape index (κ3) is 2.84. The highest BCUT2D eigenvalue weighted by Gasteiger charge is 2.24. The van der Waals surface area contributed by atoms with Crippen molar-refractivity contribution in [2.45, 2.75) is 6.92 Å². The Morgan fingerprint density at radius 3 is 2.70 bits per heavy atom. The maximum absolute atomic E-state index is 11.6. The summed E-state index contributed by atoms with van der Waals surface area (Å²) < 4.78 is 4.99. The van der Waals surface area contributed by atoms with Crippen LogP contribution in [0.4, 0.5) is 22.1 Å². The number of ether oxygens (including phenoxy) is 1. The van der Waals surface area contributed by atoms with Crippen molar-refractivity contribution in [1.29, 1.82) is 0 Å². The van der Waals surface area contributed by atoms with Crippen molar-refractivity contribution in [2.24, 2.45) is 0 Å². The van der Waals surface area contributed by atoms with Crippen molar-refractivity contribution in [3.05, 3.63) is 6.33 Å². The van der Waals surface area contributed by atoms with Gasteiger partial charge in [-0.15, -0.1) is 0 Å². The molecule has 8 heteroatoms. The standard InChI is InChI=1S/C12H20N6O2/c1-3-20-12(19)18-6-4-17(5-7-18)11-9(13)10(14-2)15-8-16-11/h8H,3-7,13H2,1-2H3,(H,14,15,16). The molecule has 2 heterocycles. The van der Waals surface area contributed by atoms with Crippen molar-refractivity contribution in [2.75, 3.05) is 55.8 Å². The summed E-state index contributed by atoms with van der Waals surface area (Å²) in [6, 6.07) is 0. The Balaban J connectivity index is 2.02. The van der Waals surface area contributed by atoms with E-state index in [-0.39, 0.29) is 6.09 Å². The number of nitrogen functional groups attached to an aromatic ring is 1. The second-order valence-electron chi connectivity index (χ2n) is 4.38. The molecule has 1 saturated heterocycles. The van der Waals surface area contributed by atoms with Crippen LogP contribution in [-0.4, -0.2) is 60.8 Å². The molecule has 110 valence electrons. The molecule has 1 aliphatic heterocycles. The van der Waals surface area contributed by atoms with Gasteiger partial charge in [0.05, 0.1) is 6.61 Å². The number of aromatic nitrogens is 2. The molecule has 0 aliphatic carbocycles. The summed E-state index contributed by atoms with van der Waals surface area (Å²) in [5.41, 5.74) is 6.56. The van der Waals surface area contributed by atoms with E-state index in [4.69, 9.17) is 10.5 Å². The number of nitrogens with zero attached hydrogens (tertiary/aromatic N) is 4. The number of nitrogens with two attached hydrogens (primary N) is 1. The van der Waals surface area contributed by atoms with Crippen LogP contribution in [-0.2, 0) is 4.74 Å². The van der Waals surface area contributed by atoms with Gasteiger partial charge in [0.2, 0.25) is 0 Å². The lowest BCUT2D eigenvalue weighted by Crippen LogP contribution is -2.49. The molecule has 0 saturated carbocycles. The number of nitrogens with one attached hydrogen (secondary N) is 1. The van der Waals surface area contributed by atoms with Crippen LogP contribution >= 0.6 is 0 Å². The minimum atomic E-state index is -0.265. The lowest BCUT2D eigenvalue weighted by atomic mass is 10.3. The van der Waals surface area contributed by atoms with E-state index in [9.17, 15) is 4.79 Å². The van der Waals surface area contributed by atoms with E-state index in [1.54, 1.807) is 18.9 Å². The third-order valence-corrected chi connectivity index (χ3v) is 3.20. The van der Waals surface area contributed by atoms with Gasteiger partial charge in [-0.1, -0.05) is 0 Å². The van der Waals surface area contributed by atoms with Crippen LogP contribution < -0.4 is 16.0 Å². The molecule has 0 atom stereocenters. The minimum Gasteiger partial charge on any atom is -0.450 e. The maximum atomic E-state index is 11.6. The van der Waals surface area contributed by atoms with E-state index >= 15 is 0 Å². The van der Waals surface area contributed by atoms with E-state index < -0.39 is 0 Å². The average molecular weight is 280 g/mol. The highest BCUT2D eigenvalue weighted by molar-refractivity contribution is 5.75. The molecular formula is C12H20N6O2. The Morgan fingerprint density at radius 1 is 1.40 bits per heavy atom. The summed E-state index contributed by atoms with van der Waals surface area (Å²) in [7, 11) is 1.77. The smallest absolute Gasteiger partial charge is 0.409 e. The quantitative estimate of drug-likeness (QED) is 0.826. The Kier molecular flexibility index (Phi) is 4.44. The molecule has 8 nitrogen and oxygen atoms in total. The summed E-state index contributed by atoms with van der Waals surface area (Å²) in [6.07, 6.45) is 1.22. The number of hydrogen-bond acceptors (Lipinski definition) is 7. The highest BCUT2D eigenvalue weighted by Crippen LogP contribution is 2.26. The Morgan fingerprint density at radius 2 is 2.10 bits per heavy atom. The fourth-order valence-electron chi connectivity index (χ4n) is 2.15. The van der Waals surface area contributed by atoms with Crippen molar-refractivity contribution < 1.29 is 9.53 Å². The lowest BCUT2D eigenvalue weighted by Gasteiger charge is -2.35. The molecule has 1 fully saturated rings. The topological polar surface area (TPSA) is 96.6 Å². The SMILES string of the molecule is CCOC(=O)N1CCN(c2ncnc(NC)c2N)CC1. The van der Waals surface area contributed by atoms with E-state index in [1.165, 1.54) is 6.33 Å². The van der Waals surface area contributed by atoms with Gasteiger partial charge >= 0.3 is 6.09 Å². The van der Waals surface area contributed by atoms with Gasteiger partial charge in [0.1, 0.15) is 12.0 Å². The van der Waals surface area contributed by atoms with Crippen molar-refractivity contribution in [3.8, 4) is 0 Å². The second-order valence-corrected chi connectivity index (χ2v) is 4.38. The van der Waals surface area contributed by atoms with E-state index in [1.807, 2.05) is 4.90 Å². The normalized spacial score (nSPS) is 15.1. The van der Waals surface area contributed by atoms with Gasteiger partial charge in [-0.3, -0.25) is 0 Å². The summed E-state index contributed by atoms with van der Waals surface area (Å²) in [5, 5.41) is 2.93. The molecule has 0 aromatic carbocycles. The number of hydrogen-bond donors (Lipinski definition) is 2. The van der Waals surface area contributed by atoms with Crippen molar-refractivity contribution in [1.82, 2.24) is 14.9 Å². The van der Waals surface area contributed by atoms with Gasteiger partial charge in [-0.25, -0.2) is 14.8 Å². The van der Waals surface area contributed by atoms with Gasteiger partial charge in [-0.2, -0.15) is 0 Å². The van der Waals surface area contributed by atoms with Crippen LogP contribution in [0.5, 0.6) is 0 Å².